The van der Waals surface area contributed by atoms with E-state index in [-0.39, 0.29) is 0 Å². The molecule has 16 heavy (non-hydrogen) atoms. The summed E-state index contributed by atoms with van der Waals surface area (Å²) < 4.78 is 5.19. The largest absolute Gasteiger partial charge is 0.383 e. The Hall–Kier alpha value is -0.120. The van der Waals surface area contributed by atoms with E-state index in [1.54, 1.807) is 7.11 Å². The summed E-state index contributed by atoms with van der Waals surface area (Å²) in [7, 11) is 1.77. The van der Waals surface area contributed by atoms with Crippen molar-refractivity contribution in [2.75, 3.05) is 33.4 Å². The first-order chi connectivity index (χ1) is 7.69. The van der Waals surface area contributed by atoms with E-state index in [9.17, 15) is 0 Å². The van der Waals surface area contributed by atoms with E-state index in [1.165, 1.54) is 12.8 Å². The quantitative estimate of drug-likeness (QED) is 0.625. The van der Waals surface area contributed by atoms with Gasteiger partial charge in [-0.05, 0) is 31.7 Å². The first-order valence-corrected chi connectivity index (χ1v) is 6.62. The molecule has 0 rings (SSSR count). The fourth-order valence-electron chi connectivity index (χ4n) is 2.21. The summed E-state index contributed by atoms with van der Waals surface area (Å²) in [6.45, 7) is 10.6. The third-order valence-electron chi connectivity index (χ3n) is 3.25. The highest BCUT2D eigenvalue weighted by Gasteiger charge is 2.16. The van der Waals surface area contributed by atoms with Gasteiger partial charge in [0.05, 0.1) is 6.61 Å². The second kappa shape index (κ2) is 10.1. The molecule has 0 bridgehead atoms. The molecule has 0 saturated heterocycles. The van der Waals surface area contributed by atoms with Gasteiger partial charge in [-0.3, -0.25) is 4.90 Å². The van der Waals surface area contributed by atoms with Crippen LogP contribution in [0.1, 0.15) is 40.0 Å². The average Bonchev–Trinajstić information content (AvgIpc) is 2.27. The number of hydrogen-bond donors (Lipinski definition) is 1. The molecule has 3 heteroatoms. The van der Waals surface area contributed by atoms with Crippen LogP contribution in [0.2, 0.25) is 0 Å². The summed E-state index contributed by atoms with van der Waals surface area (Å²) in [6, 6.07) is 0.690. The van der Waals surface area contributed by atoms with E-state index in [1.807, 2.05) is 0 Å². The molecular formula is C13H30N2O. The van der Waals surface area contributed by atoms with Crippen molar-refractivity contribution in [1.29, 1.82) is 0 Å². The van der Waals surface area contributed by atoms with Crippen molar-refractivity contribution in [3.05, 3.63) is 0 Å². The van der Waals surface area contributed by atoms with Crippen molar-refractivity contribution >= 4 is 0 Å². The Labute approximate surface area is 101 Å². The number of ether oxygens (including phenoxy) is 1. The average molecular weight is 230 g/mol. The molecule has 0 aromatic rings. The van der Waals surface area contributed by atoms with Gasteiger partial charge in [-0.25, -0.2) is 0 Å². The van der Waals surface area contributed by atoms with Crippen LogP contribution in [0.15, 0.2) is 0 Å². The summed E-state index contributed by atoms with van der Waals surface area (Å²) in [4.78, 5) is 2.56. The maximum absolute atomic E-state index is 5.60. The number of hydrogen-bond acceptors (Lipinski definition) is 3. The summed E-state index contributed by atoms with van der Waals surface area (Å²) in [5.41, 5.74) is 5.60. The lowest BCUT2D eigenvalue weighted by molar-refractivity contribution is 0.103. The van der Waals surface area contributed by atoms with Gasteiger partial charge in [0.15, 0.2) is 0 Å². The maximum Gasteiger partial charge on any atom is 0.0589 e. The highest BCUT2D eigenvalue weighted by atomic mass is 16.5. The summed E-state index contributed by atoms with van der Waals surface area (Å²) in [5.74, 6) is 0.683. The zero-order valence-corrected chi connectivity index (χ0v) is 11.5. The highest BCUT2D eigenvalue weighted by molar-refractivity contribution is 4.71. The van der Waals surface area contributed by atoms with Gasteiger partial charge in [0.1, 0.15) is 0 Å². The molecule has 0 spiro atoms. The lowest BCUT2D eigenvalue weighted by atomic mass is 10.0. The predicted octanol–water partition coefficient (Wildman–Crippen LogP) is 2.11. The molecule has 0 radical (unpaired) electrons. The molecule has 1 atom stereocenters. The van der Waals surface area contributed by atoms with Crippen molar-refractivity contribution in [3.63, 3.8) is 0 Å². The lowest BCUT2D eigenvalue weighted by Gasteiger charge is -2.32. The van der Waals surface area contributed by atoms with Crippen LogP contribution in [0.25, 0.3) is 0 Å². The Balaban J connectivity index is 4.17. The predicted molar refractivity (Wildman–Crippen MR) is 70.7 cm³/mol. The first kappa shape index (κ1) is 15.9. The van der Waals surface area contributed by atoms with Crippen molar-refractivity contribution < 1.29 is 4.74 Å². The van der Waals surface area contributed by atoms with E-state index in [2.05, 4.69) is 25.7 Å². The molecule has 98 valence electrons. The van der Waals surface area contributed by atoms with Gasteiger partial charge in [-0.15, -0.1) is 0 Å². The molecule has 0 aliphatic rings. The van der Waals surface area contributed by atoms with Gasteiger partial charge in [0, 0.05) is 26.2 Å². The maximum atomic E-state index is 5.60. The minimum atomic E-state index is 0.683. The van der Waals surface area contributed by atoms with Gasteiger partial charge in [-0.2, -0.15) is 0 Å². The topological polar surface area (TPSA) is 38.5 Å². The molecule has 0 amide bonds. The molecule has 0 aliphatic heterocycles. The summed E-state index contributed by atoms with van der Waals surface area (Å²) in [5, 5.41) is 0. The van der Waals surface area contributed by atoms with Crippen LogP contribution in [0.4, 0.5) is 0 Å². The Bertz CT molecular complexity index is 149. The van der Waals surface area contributed by atoms with E-state index < -0.39 is 0 Å². The minimum absolute atomic E-state index is 0.683. The zero-order chi connectivity index (χ0) is 12.4. The highest BCUT2D eigenvalue weighted by Crippen LogP contribution is 2.12. The number of nitrogens with two attached hydrogens (primary N) is 1. The monoisotopic (exact) mass is 230 g/mol. The van der Waals surface area contributed by atoms with Crippen LogP contribution >= 0.6 is 0 Å². The Morgan fingerprint density at radius 2 is 1.88 bits per heavy atom. The van der Waals surface area contributed by atoms with E-state index in [0.29, 0.717) is 12.0 Å². The molecule has 0 fully saturated rings. The van der Waals surface area contributed by atoms with Gasteiger partial charge in [0.2, 0.25) is 0 Å². The smallest absolute Gasteiger partial charge is 0.0589 e. The van der Waals surface area contributed by atoms with Gasteiger partial charge in [0.25, 0.3) is 0 Å². The number of rotatable bonds is 10. The van der Waals surface area contributed by atoms with Crippen LogP contribution in [0.3, 0.4) is 0 Å². The van der Waals surface area contributed by atoms with Crippen molar-refractivity contribution in [2.24, 2.45) is 11.7 Å². The molecule has 1 unspecified atom stereocenters. The molecule has 2 N–H and O–H groups in total. The SMILES string of the molecule is CCC(CC)N(CCOC)CC(C)CCN. The molecule has 0 aromatic carbocycles. The fourth-order valence-corrected chi connectivity index (χ4v) is 2.21. The standard InChI is InChI=1S/C13H30N2O/c1-5-13(6-2)15(9-10-16-4)11-12(3)7-8-14/h12-13H,5-11,14H2,1-4H3. The van der Waals surface area contributed by atoms with Gasteiger partial charge in [-0.1, -0.05) is 20.8 Å². The second-order valence-corrected chi connectivity index (χ2v) is 4.64. The fraction of sp³-hybridized carbons (Fsp3) is 1.00. The van der Waals surface area contributed by atoms with Gasteiger partial charge >= 0.3 is 0 Å². The molecule has 0 aromatic heterocycles. The van der Waals surface area contributed by atoms with Crippen molar-refractivity contribution in [1.82, 2.24) is 4.90 Å². The molecule has 0 aliphatic carbocycles. The Kier molecular flexibility index (Phi) is 9.99. The Morgan fingerprint density at radius 3 is 2.31 bits per heavy atom. The van der Waals surface area contributed by atoms with Crippen LogP contribution in [-0.4, -0.2) is 44.3 Å². The van der Waals surface area contributed by atoms with E-state index in [4.69, 9.17) is 10.5 Å². The van der Waals surface area contributed by atoms with Crippen LogP contribution in [-0.2, 0) is 4.74 Å². The van der Waals surface area contributed by atoms with Crippen molar-refractivity contribution in [3.8, 4) is 0 Å². The molecule has 0 saturated carbocycles. The third-order valence-corrected chi connectivity index (χ3v) is 3.25. The second-order valence-electron chi connectivity index (χ2n) is 4.64. The number of nitrogens with zero attached hydrogens (tertiary/aromatic N) is 1. The van der Waals surface area contributed by atoms with Crippen LogP contribution < -0.4 is 5.73 Å². The van der Waals surface area contributed by atoms with Crippen molar-refractivity contribution in [2.45, 2.75) is 46.1 Å². The zero-order valence-electron chi connectivity index (χ0n) is 11.5. The molecular weight excluding hydrogens is 200 g/mol. The molecule has 3 nitrogen and oxygen atoms in total. The summed E-state index contributed by atoms with van der Waals surface area (Å²) >= 11 is 0. The summed E-state index contributed by atoms with van der Waals surface area (Å²) in [6.07, 6.45) is 3.55. The van der Waals surface area contributed by atoms with E-state index >= 15 is 0 Å². The Morgan fingerprint density at radius 1 is 1.25 bits per heavy atom. The lowest BCUT2D eigenvalue weighted by Crippen LogP contribution is -2.40. The normalized spacial score (nSPS) is 13.7. The van der Waals surface area contributed by atoms with Gasteiger partial charge < -0.3 is 10.5 Å². The van der Waals surface area contributed by atoms with Crippen LogP contribution in [0.5, 0.6) is 0 Å². The van der Waals surface area contributed by atoms with Crippen LogP contribution in [0, 0.1) is 5.92 Å². The first-order valence-electron chi connectivity index (χ1n) is 6.62. The van der Waals surface area contributed by atoms with E-state index in [0.717, 1.165) is 32.7 Å². The third kappa shape index (κ3) is 6.46. The molecule has 0 heterocycles. The minimum Gasteiger partial charge on any atom is -0.383 e. The number of methoxy groups -OCH3 is 1.